The van der Waals surface area contributed by atoms with Crippen LogP contribution in [0, 0.1) is 12.7 Å². The third kappa shape index (κ3) is 4.08. The first-order chi connectivity index (χ1) is 14.3. The number of halogens is 4. The molecular formula is C24H19F4NO. The lowest BCUT2D eigenvalue weighted by Crippen LogP contribution is -2.23. The lowest BCUT2D eigenvalue weighted by atomic mass is 9.95. The van der Waals surface area contributed by atoms with Crippen molar-refractivity contribution in [3.05, 3.63) is 94.8 Å². The first-order valence-electron chi connectivity index (χ1n) is 9.53. The topological polar surface area (TPSA) is 21.6 Å². The van der Waals surface area contributed by atoms with E-state index in [0.717, 1.165) is 28.8 Å². The highest BCUT2D eigenvalue weighted by Crippen LogP contribution is 2.31. The molecule has 0 N–H and O–H groups in total. The summed E-state index contributed by atoms with van der Waals surface area (Å²) in [5, 5.41) is 0. The van der Waals surface area contributed by atoms with Crippen LogP contribution in [0.3, 0.4) is 0 Å². The normalized spacial score (nSPS) is 16.7. The number of aryl methyl sites for hydroxylation is 1. The molecule has 30 heavy (non-hydrogen) atoms. The molecule has 2 nitrogen and oxygen atoms in total. The predicted molar refractivity (Wildman–Crippen MR) is 108 cm³/mol. The molecule has 0 spiro atoms. The maximum Gasteiger partial charge on any atom is 0.416 e. The van der Waals surface area contributed by atoms with Gasteiger partial charge in [0.25, 0.3) is 0 Å². The first-order valence-corrected chi connectivity index (χ1v) is 9.53. The van der Waals surface area contributed by atoms with Gasteiger partial charge in [0.15, 0.2) is 0 Å². The Balaban J connectivity index is 1.48. The van der Waals surface area contributed by atoms with Crippen molar-refractivity contribution in [1.29, 1.82) is 0 Å². The number of hydrogen-bond donors (Lipinski definition) is 0. The molecule has 1 heterocycles. The van der Waals surface area contributed by atoms with Crippen molar-refractivity contribution in [1.82, 2.24) is 0 Å². The second-order valence-electron chi connectivity index (χ2n) is 7.28. The van der Waals surface area contributed by atoms with Crippen LogP contribution in [0.4, 0.5) is 17.6 Å². The zero-order valence-electron chi connectivity index (χ0n) is 16.2. The van der Waals surface area contributed by atoms with Crippen LogP contribution in [0.5, 0.6) is 0 Å². The summed E-state index contributed by atoms with van der Waals surface area (Å²) in [5.41, 5.74) is 3.06. The summed E-state index contributed by atoms with van der Waals surface area (Å²) in [6.45, 7) is 2.67. The van der Waals surface area contributed by atoms with E-state index >= 15 is 0 Å². The summed E-state index contributed by atoms with van der Waals surface area (Å²) < 4.78 is 58.0. The zero-order valence-corrected chi connectivity index (χ0v) is 16.2. The molecule has 0 fully saturated rings. The van der Waals surface area contributed by atoms with Crippen molar-refractivity contribution in [2.24, 2.45) is 4.99 Å². The molecule has 1 aliphatic heterocycles. The van der Waals surface area contributed by atoms with E-state index in [2.05, 4.69) is 4.99 Å². The van der Waals surface area contributed by atoms with Gasteiger partial charge >= 0.3 is 6.18 Å². The van der Waals surface area contributed by atoms with E-state index in [1.807, 2.05) is 37.3 Å². The van der Waals surface area contributed by atoms with Crippen LogP contribution in [0.2, 0.25) is 0 Å². The Bertz CT molecular complexity index is 1050. The van der Waals surface area contributed by atoms with E-state index in [-0.39, 0.29) is 11.7 Å². The van der Waals surface area contributed by atoms with Crippen LogP contribution in [-0.4, -0.2) is 19.0 Å². The van der Waals surface area contributed by atoms with Gasteiger partial charge in [-0.15, -0.1) is 0 Å². The van der Waals surface area contributed by atoms with Crippen LogP contribution in [0.15, 0.2) is 71.7 Å². The highest BCUT2D eigenvalue weighted by molar-refractivity contribution is 5.96. The van der Waals surface area contributed by atoms with Gasteiger partial charge in [-0.05, 0) is 47.4 Å². The minimum atomic E-state index is -4.34. The number of rotatable bonds is 3. The van der Waals surface area contributed by atoms with Gasteiger partial charge < -0.3 is 4.74 Å². The fraction of sp³-hybridized carbons (Fsp3) is 0.208. The average molecular weight is 413 g/mol. The Labute approximate surface area is 171 Å². The van der Waals surface area contributed by atoms with Gasteiger partial charge in [-0.25, -0.2) is 4.39 Å². The van der Waals surface area contributed by atoms with Gasteiger partial charge in [0, 0.05) is 5.92 Å². The predicted octanol–water partition coefficient (Wildman–Crippen LogP) is 6.38. The molecule has 0 saturated heterocycles. The van der Waals surface area contributed by atoms with Gasteiger partial charge in [0.1, 0.15) is 5.82 Å². The zero-order chi connectivity index (χ0) is 21.3. The SMILES string of the molecule is Cc1cccc(F)c1C1=NCC(c2ccc(-c3ccc(C(F)(F)F)cc3)cc2)CO1. The third-order valence-electron chi connectivity index (χ3n) is 5.24. The number of nitrogens with zero attached hydrogens (tertiary/aromatic N) is 1. The van der Waals surface area contributed by atoms with Crippen LogP contribution in [0.25, 0.3) is 11.1 Å². The summed E-state index contributed by atoms with van der Waals surface area (Å²) >= 11 is 0. The van der Waals surface area contributed by atoms with Gasteiger partial charge in [-0.3, -0.25) is 4.99 Å². The van der Waals surface area contributed by atoms with E-state index in [1.165, 1.54) is 18.2 Å². The molecule has 0 aliphatic carbocycles. The maximum atomic E-state index is 14.1. The second kappa shape index (κ2) is 7.94. The number of ether oxygens (including phenoxy) is 1. The van der Waals surface area contributed by atoms with Crippen molar-refractivity contribution in [2.75, 3.05) is 13.2 Å². The molecule has 3 aromatic rings. The van der Waals surface area contributed by atoms with E-state index in [9.17, 15) is 17.6 Å². The van der Waals surface area contributed by atoms with E-state index < -0.39 is 11.7 Å². The first kappa shape index (κ1) is 20.1. The van der Waals surface area contributed by atoms with Crippen molar-refractivity contribution >= 4 is 5.90 Å². The highest BCUT2D eigenvalue weighted by Gasteiger charge is 2.30. The Hall–Kier alpha value is -3.15. The molecule has 154 valence electrons. The van der Waals surface area contributed by atoms with E-state index in [4.69, 9.17) is 4.74 Å². The van der Waals surface area contributed by atoms with Crippen LogP contribution >= 0.6 is 0 Å². The quantitative estimate of drug-likeness (QED) is 0.457. The minimum absolute atomic E-state index is 0.0301. The fourth-order valence-corrected chi connectivity index (χ4v) is 3.53. The largest absolute Gasteiger partial charge is 0.477 e. The molecule has 0 saturated carbocycles. The molecular weight excluding hydrogens is 394 g/mol. The molecule has 0 amide bonds. The molecule has 4 rings (SSSR count). The van der Waals surface area contributed by atoms with Crippen LogP contribution < -0.4 is 0 Å². The minimum Gasteiger partial charge on any atom is -0.477 e. The Morgan fingerprint density at radius 3 is 2.07 bits per heavy atom. The molecule has 0 bridgehead atoms. The van der Waals surface area contributed by atoms with Crippen molar-refractivity contribution < 1.29 is 22.3 Å². The van der Waals surface area contributed by atoms with Crippen molar-refractivity contribution in [3.63, 3.8) is 0 Å². The van der Waals surface area contributed by atoms with Crippen LogP contribution in [-0.2, 0) is 10.9 Å². The number of benzene rings is 3. The summed E-state index contributed by atoms with van der Waals surface area (Å²) in [6.07, 6.45) is -4.34. The summed E-state index contributed by atoms with van der Waals surface area (Å²) in [6, 6.07) is 17.6. The van der Waals surface area contributed by atoms with Gasteiger partial charge in [-0.2, -0.15) is 13.2 Å². The molecule has 1 unspecified atom stereocenters. The molecule has 6 heteroatoms. The Kier molecular flexibility index (Phi) is 5.33. The molecule has 1 aliphatic rings. The monoisotopic (exact) mass is 413 g/mol. The van der Waals surface area contributed by atoms with Crippen molar-refractivity contribution in [2.45, 2.75) is 19.0 Å². The molecule has 3 aromatic carbocycles. The van der Waals surface area contributed by atoms with Gasteiger partial charge in [0.05, 0.1) is 24.3 Å². The Morgan fingerprint density at radius 2 is 1.53 bits per heavy atom. The summed E-state index contributed by atoms with van der Waals surface area (Å²) in [7, 11) is 0. The average Bonchev–Trinajstić information content (AvgIpc) is 2.74. The standard InChI is InChI=1S/C24H19F4NO/c1-15-3-2-4-21(25)22(15)23-29-13-19(14-30-23)18-7-5-16(6-8-18)17-9-11-20(12-10-17)24(26,27)28/h2-12,19H,13-14H2,1H3. The number of hydrogen-bond acceptors (Lipinski definition) is 2. The van der Waals surface area contributed by atoms with E-state index in [1.54, 1.807) is 6.07 Å². The number of aliphatic imine (C=N–C) groups is 1. The van der Waals surface area contributed by atoms with E-state index in [0.29, 0.717) is 30.2 Å². The second-order valence-corrected chi connectivity index (χ2v) is 7.28. The highest BCUT2D eigenvalue weighted by atomic mass is 19.4. The molecule has 1 atom stereocenters. The lowest BCUT2D eigenvalue weighted by molar-refractivity contribution is -0.137. The summed E-state index contributed by atoms with van der Waals surface area (Å²) in [4.78, 5) is 4.44. The van der Waals surface area contributed by atoms with Gasteiger partial charge in [0.2, 0.25) is 5.90 Å². The van der Waals surface area contributed by atoms with Crippen LogP contribution in [0.1, 0.15) is 28.2 Å². The fourth-order valence-electron chi connectivity index (χ4n) is 3.53. The number of alkyl halides is 3. The van der Waals surface area contributed by atoms with Crippen molar-refractivity contribution in [3.8, 4) is 11.1 Å². The molecule has 0 radical (unpaired) electrons. The maximum absolute atomic E-state index is 14.1. The Morgan fingerprint density at radius 1 is 0.900 bits per heavy atom. The lowest BCUT2D eigenvalue weighted by Gasteiger charge is -2.23. The summed E-state index contributed by atoms with van der Waals surface area (Å²) in [5.74, 6) is -0.00111. The smallest absolute Gasteiger partial charge is 0.416 e. The molecule has 0 aromatic heterocycles. The third-order valence-corrected chi connectivity index (χ3v) is 5.24. The van der Waals surface area contributed by atoms with Gasteiger partial charge in [-0.1, -0.05) is 48.5 Å².